The molecule has 1 saturated heterocycles. The highest BCUT2D eigenvalue weighted by Gasteiger charge is 2.21. The quantitative estimate of drug-likeness (QED) is 0.392. The number of carbonyl (C=O) groups excluding carboxylic acids is 1. The van der Waals surface area contributed by atoms with E-state index in [0.29, 0.717) is 0 Å². The van der Waals surface area contributed by atoms with Gasteiger partial charge in [0.25, 0.3) is 0 Å². The molecule has 0 aromatic rings. The first-order chi connectivity index (χ1) is 13.7. The molecule has 0 aliphatic carbocycles. The molecule has 12 nitrogen and oxygen atoms in total. The number of halogens is 1. The summed E-state index contributed by atoms with van der Waals surface area (Å²) in [5.74, 6) is -4.24. The SMILES string of the molecule is O=C(O)CN1CCN(CC(=O)O)CCN(CC(=O)OF)CCN(CC(=O)O)CC1. The molecule has 0 atom stereocenters. The van der Waals surface area contributed by atoms with Gasteiger partial charge in [0.1, 0.15) is 6.54 Å². The van der Waals surface area contributed by atoms with Crippen LogP contribution in [0.25, 0.3) is 0 Å². The van der Waals surface area contributed by atoms with Crippen molar-refractivity contribution in [2.24, 2.45) is 0 Å². The fraction of sp³-hybridized carbons (Fsp3) is 0.750. The van der Waals surface area contributed by atoms with Crippen molar-refractivity contribution in [1.29, 1.82) is 0 Å². The van der Waals surface area contributed by atoms with Gasteiger partial charge in [0.05, 0.1) is 19.6 Å². The van der Waals surface area contributed by atoms with Gasteiger partial charge in [-0.2, -0.15) is 0 Å². The van der Waals surface area contributed by atoms with Crippen molar-refractivity contribution in [2.45, 2.75) is 0 Å². The molecule has 0 radical (unpaired) electrons. The molecule has 0 unspecified atom stereocenters. The number of rotatable bonds is 8. The lowest BCUT2D eigenvalue weighted by Crippen LogP contribution is -2.49. The van der Waals surface area contributed by atoms with Crippen molar-refractivity contribution in [3.8, 4) is 0 Å². The van der Waals surface area contributed by atoms with Crippen LogP contribution >= 0.6 is 0 Å². The Labute approximate surface area is 166 Å². The van der Waals surface area contributed by atoms with Gasteiger partial charge in [0.15, 0.2) is 0 Å². The lowest BCUT2D eigenvalue weighted by atomic mass is 10.3. The van der Waals surface area contributed by atoms with E-state index in [9.17, 15) is 23.7 Å². The summed E-state index contributed by atoms with van der Waals surface area (Å²) in [6.45, 7) is 0.850. The molecule has 13 heteroatoms. The van der Waals surface area contributed by atoms with Gasteiger partial charge in [-0.25, -0.2) is 4.79 Å². The van der Waals surface area contributed by atoms with Crippen LogP contribution in [-0.4, -0.2) is 137 Å². The summed E-state index contributed by atoms with van der Waals surface area (Å²) >= 11 is 0. The highest BCUT2D eigenvalue weighted by Crippen LogP contribution is 2.02. The van der Waals surface area contributed by atoms with Gasteiger partial charge in [-0.1, -0.05) is 0 Å². The summed E-state index contributed by atoms with van der Waals surface area (Å²) in [6, 6.07) is 0. The number of hydrogen-bond donors (Lipinski definition) is 3. The zero-order valence-electron chi connectivity index (χ0n) is 16.0. The minimum absolute atomic E-state index is 0.224. The van der Waals surface area contributed by atoms with Crippen LogP contribution in [0.5, 0.6) is 0 Å². The zero-order valence-corrected chi connectivity index (χ0v) is 16.0. The summed E-state index contributed by atoms with van der Waals surface area (Å²) in [7, 11) is 0. The Balaban J connectivity index is 2.92. The Morgan fingerprint density at radius 3 is 1.03 bits per heavy atom. The van der Waals surface area contributed by atoms with Crippen molar-refractivity contribution in [3.63, 3.8) is 0 Å². The van der Waals surface area contributed by atoms with Crippen molar-refractivity contribution < 1.29 is 44.0 Å². The van der Waals surface area contributed by atoms with Gasteiger partial charge in [0.2, 0.25) is 0 Å². The van der Waals surface area contributed by atoms with Gasteiger partial charge in [0, 0.05) is 56.9 Å². The Morgan fingerprint density at radius 1 is 0.586 bits per heavy atom. The first-order valence-electron chi connectivity index (χ1n) is 9.05. The third-order valence-corrected chi connectivity index (χ3v) is 4.45. The Hall–Kier alpha value is -2.35. The largest absolute Gasteiger partial charge is 0.480 e. The highest BCUT2D eigenvalue weighted by molar-refractivity contribution is 5.71. The molecule has 0 amide bonds. The van der Waals surface area contributed by atoms with E-state index < -0.39 is 23.9 Å². The van der Waals surface area contributed by atoms with E-state index in [2.05, 4.69) is 4.94 Å². The number of aliphatic carboxylic acids is 3. The average Bonchev–Trinajstić information content (AvgIpc) is 2.62. The lowest BCUT2D eigenvalue weighted by Gasteiger charge is -2.32. The summed E-state index contributed by atoms with van der Waals surface area (Å²) in [4.78, 5) is 54.2. The molecule has 1 rings (SSSR count). The molecule has 0 saturated carbocycles. The zero-order chi connectivity index (χ0) is 21.8. The second kappa shape index (κ2) is 13.0. The van der Waals surface area contributed by atoms with Crippen molar-refractivity contribution >= 4 is 23.9 Å². The third-order valence-electron chi connectivity index (χ3n) is 4.45. The molecule has 1 aliphatic heterocycles. The second-order valence-electron chi connectivity index (χ2n) is 6.73. The van der Waals surface area contributed by atoms with Crippen LogP contribution in [0.2, 0.25) is 0 Å². The van der Waals surface area contributed by atoms with Crippen LogP contribution in [0.1, 0.15) is 0 Å². The first-order valence-corrected chi connectivity index (χ1v) is 9.05. The number of hydrogen-bond acceptors (Lipinski definition) is 9. The van der Waals surface area contributed by atoms with Gasteiger partial charge in [-0.15, -0.1) is 0 Å². The van der Waals surface area contributed by atoms with Crippen LogP contribution in [0.4, 0.5) is 4.53 Å². The van der Waals surface area contributed by atoms with E-state index in [-0.39, 0.29) is 78.5 Å². The maximum absolute atomic E-state index is 12.1. The van der Waals surface area contributed by atoms with Gasteiger partial charge >= 0.3 is 23.9 Å². The van der Waals surface area contributed by atoms with Crippen molar-refractivity contribution in [3.05, 3.63) is 0 Å². The highest BCUT2D eigenvalue weighted by atomic mass is 19.3. The summed E-state index contributed by atoms with van der Waals surface area (Å²) in [5.41, 5.74) is 0. The summed E-state index contributed by atoms with van der Waals surface area (Å²) < 4.78 is 12.1. The maximum Gasteiger partial charge on any atom is 0.362 e. The molecule has 166 valence electrons. The van der Waals surface area contributed by atoms with Crippen LogP contribution in [-0.2, 0) is 24.1 Å². The Morgan fingerprint density at radius 2 is 0.828 bits per heavy atom. The average molecular weight is 422 g/mol. The fourth-order valence-electron chi connectivity index (χ4n) is 2.99. The number of carbonyl (C=O) groups is 4. The van der Waals surface area contributed by atoms with Crippen LogP contribution in [0.15, 0.2) is 0 Å². The second-order valence-corrected chi connectivity index (χ2v) is 6.73. The number of carboxylic acid groups (broad SMARTS) is 3. The minimum Gasteiger partial charge on any atom is -0.480 e. The van der Waals surface area contributed by atoms with Crippen LogP contribution in [0.3, 0.4) is 0 Å². The van der Waals surface area contributed by atoms with Gasteiger partial charge in [-0.3, -0.25) is 38.9 Å². The molecule has 3 N–H and O–H groups in total. The molecule has 1 heterocycles. The molecule has 1 aliphatic rings. The van der Waals surface area contributed by atoms with E-state index in [1.807, 2.05) is 0 Å². The molecular weight excluding hydrogens is 395 g/mol. The molecule has 0 spiro atoms. The molecule has 29 heavy (non-hydrogen) atoms. The topological polar surface area (TPSA) is 151 Å². The monoisotopic (exact) mass is 422 g/mol. The molecular formula is C16H27FN4O8. The minimum atomic E-state index is -1.10. The van der Waals surface area contributed by atoms with Crippen molar-refractivity contribution in [2.75, 3.05) is 78.5 Å². The van der Waals surface area contributed by atoms with E-state index in [1.54, 1.807) is 19.6 Å². The smallest absolute Gasteiger partial charge is 0.362 e. The molecule has 0 bridgehead atoms. The Bertz CT molecular complexity index is 547. The summed E-state index contributed by atoms with van der Waals surface area (Å²) in [6.07, 6.45) is 0. The predicted octanol–water partition coefficient (Wildman–Crippen LogP) is -2.11. The third kappa shape index (κ3) is 11.3. The summed E-state index contributed by atoms with van der Waals surface area (Å²) in [5, 5.41) is 27.3. The fourth-order valence-corrected chi connectivity index (χ4v) is 2.99. The number of nitrogens with zero attached hydrogens (tertiary/aromatic N) is 4. The van der Waals surface area contributed by atoms with E-state index in [4.69, 9.17) is 15.3 Å². The molecule has 0 aromatic heterocycles. The first kappa shape index (κ1) is 24.7. The standard InChI is InChI=1S/C16H27FN4O8/c17-29-16(28)12-21-7-5-19(10-14(24)25)3-1-18(9-13(22)23)2-4-20(6-8-21)11-15(26)27/h1-12H2,(H,22,23)(H,24,25)(H,26,27). The van der Waals surface area contributed by atoms with E-state index in [1.165, 1.54) is 0 Å². The van der Waals surface area contributed by atoms with Gasteiger partial charge < -0.3 is 15.3 Å². The number of carboxylic acids is 3. The van der Waals surface area contributed by atoms with Gasteiger partial charge in [-0.05, 0) is 0 Å². The Kier molecular flexibility index (Phi) is 11.1. The van der Waals surface area contributed by atoms with Crippen LogP contribution < -0.4 is 0 Å². The lowest BCUT2D eigenvalue weighted by molar-refractivity contribution is -0.185. The normalized spacial score (nSPS) is 19.1. The van der Waals surface area contributed by atoms with Crippen molar-refractivity contribution in [1.82, 2.24) is 19.6 Å². The van der Waals surface area contributed by atoms with E-state index in [0.717, 1.165) is 0 Å². The molecule has 1 fully saturated rings. The maximum atomic E-state index is 12.1. The predicted molar refractivity (Wildman–Crippen MR) is 95.9 cm³/mol. The molecule has 0 aromatic carbocycles. The van der Waals surface area contributed by atoms with E-state index >= 15 is 0 Å². The van der Waals surface area contributed by atoms with Crippen LogP contribution in [0, 0.1) is 0 Å².